The van der Waals surface area contributed by atoms with E-state index in [2.05, 4.69) is 22.9 Å². The van der Waals surface area contributed by atoms with Crippen LogP contribution in [0.5, 0.6) is 0 Å². The highest BCUT2D eigenvalue weighted by atomic mass is 79.9. The van der Waals surface area contributed by atoms with Crippen LogP contribution in [0.2, 0.25) is 0 Å². The van der Waals surface area contributed by atoms with Crippen molar-refractivity contribution in [2.75, 3.05) is 5.88 Å². The molecular weight excluding hydrogens is 299 g/mol. The molecule has 0 nitrogen and oxygen atoms in total. The topological polar surface area (TPSA) is 0 Å². The number of hydrogen-bond donors (Lipinski definition) is 0. The third kappa shape index (κ3) is 4.33. The average molecular weight is 312 g/mol. The molecule has 0 heterocycles. The fraction of sp³-hybridized carbons (Fsp3) is 0.455. The third-order valence-electron chi connectivity index (χ3n) is 2.07. The summed E-state index contributed by atoms with van der Waals surface area (Å²) in [6.45, 7) is 2.14. The van der Waals surface area contributed by atoms with Gasteiger partial charge < -0.3 is 0 Å². The van der Waals surface area contributed by atoms with Gasteiger partial charge in [-0.2, -0.15) is 11.8 Å². The van der Waals surface area contributed by atoms with E-state index in [1.807, 2.05) is 6.07 Å². The van der Waals surface area contributed by atoms with Gasteiger partial charge in [-0.15, -0.1) is 11.6 Å². The zero-order valence-corrected chi connectivity index (χ0v) is 11.6. The summed E-state index contributed by atoms with van der Waals surface area (Å²) in [5, 5.41) is 0.512. The Labute approximate surface area is 108 Å². The summed E-state index contributed by atoms with van der Waals surface area (Å²) in [7, 11) is 0. The lowest BCUT2D eigenvalue weighted by molar-refractivity contribution is 0.619. The molecule has 0 radical (unpaired) electrons. The van der Waals surface area contributed by atoms with Gasteiger partial charge in [-0.05, 0) is 34.0 Å². The molecule has 0 bridgehead atoms. The van der Waals surface area contributed by atoms with Gasteiger partial charge in [-0.25, -0.2) is 4.39 Å². The highest BCUT2D eigenvalue weighted by Crippen LogP contribution is 2.27. The van der Waals surface area contributed by atoms with E-state index in [1.165, 1.54) is 6.07 Å². The van der Waals surface area contributed by atoms with Crippen LogP contribution in [0.15, 0.2) is 22.7 Å². The normalized spacial score (nSPS) is 12.8. The fourth-order valence-corrected chi connectivity index (χ4v) is 3.16. The second-order valence-corrected chi connectivity index (χ2v) is 5.91. The maximum absolute atomic E-state index is 13.2. The molecule has 1 atom stereocenters. The minimum absolute atomic E-state index is 0.196. The molecule has 4 heteroatoms. The molecule has 0 aliphatic heterocycles. The lowest BCUT2D eigenvalue weighted by Crippen LogP contribution is -1.98. The maximum Gasteiger partial charge on any atom is 0.137 e. The smallest absolute Gasteiger partial charge is 0.137 e. The van der Waals surface area contributed by atoms with Crippen molar-refractivity contribution < 1.29 is 4.39 Å². The molecule has 1 rings (SSSR count). The summed E-state index contributed by atoms with van der Waals surface area (Å²) in [5.74, 6) is 1.30. The second kappa shape index (κ2) is 6.77. The van der Waals surface area contributed by atoms with Crippen LogP contribution < -0.4 is 0 Å². The first-order chi connectivity index (χ1) is 7.15. The molecular formula is C11H13BrClFS. The molecule has 15 heavy (non-hydrogen) atoms. The van der Waals surface area contributed by atoms with Crippen molar-refractivity contribution in [3.8, 4) is 0 Å². The molecule has 0 aromatic heterocycles. The Bertz CT molecular complexity index is 319. The first-order valence-corrected chi connectivity index (χ1v) is 7.13. The molecule has 1 aromatic rings. The molecule has 0 N–H and O–H groups in total. The molecule has 1 unspecified atom stereocenters. The Hall–Kier alpha value is 0.270. The highest BCUT2D eigenvalue weighted by Gasteiger charge is 2.07. The molecule has 84 valence electrons. The molecule has 0 amide bonds. The molecule has 0 aliphatic carbocycles. The molecule has 0 saturated carbocycles. The summed E-state index contributed by atoms with van der Waals surface area (Å²) >= 11 is 10.7. The predicted molar refractivity (Wildman–Crippen MR) is 70.2 cm³/mol. The summed E-state index contributed by atoms with van der Waals surface area (Å²) in [6, 6.07) is 5.14. The van der Waals surface area contributed by atoms with Crippen molar-refractivity contribution in [3.63, 3.8) is 0 Å². The third-order valence-corrected chi connectivity index (χ3v) is 4.46. The summed E-state index contributed by atoms with van der Waals surface area (Å²) in [5.41, 5.74) is 1.00. The Morgan fingerprint density at radius 3 is 2.93 bits per heavy atom. The second-order valence-electron chi connectivity index (χ2n) is 3.31. The van der Waals surface area contributed by atoms with Gasteiger partial charge in [0.15, 0.2) is 0 Å². The van der Waals surface area contributed by atoms with E-state index in [9.17, 15) is 4.39 Å². The van der Waals surface area contributed by atoms with Gasteiger partial charge in [0.1, 0.15) is 5.82 Å². The predicted octanol–water partition coefficient (Wildman–Crippen LogP) is 4.84. The average Bonchev–Trinajstić information content (AvgIpc) is 2.21. The molecule has 0 saturated heterocycles. The summed E-state index contributed by atoms with van der Waals surface area (Å²) in [4.78, 5) is 0. The zero-order valence-electron chi connectivity index (χ0n) is 8.47. The van der Waals surface area contributed by atoms with Crippen molar-refractivity contribution in [1.29, 1.82) is 0 Å². The Morgan fingerprint density at radius 2 is 2.27 bits per heavy atom. The van der Waals surface area contributed by atoms with Crippen LogP contribution in [0, 0.1) is 5.82 Å². The van der Waals surface area contributed by atoms with Crippen molar-refractivity contribution >= 4 is 39.3 Å². The maximum atomic E-state index is 13.2. The van der Waals surface area contributed by atoms with E-state index in [0.29, 0.717) is 15.6 Å². The molecule has 0 aliphatic rings. The SMILES string of the molecule is CC(CCCl)SCc1cccc(F)c1Br. The van der Waals surface area contributed by atoms with Crippen molar-refractivity contribution in [1.82, 2.24) is 0 Å². The van der Waals surface area contributed by atoms with Crippen LogP contribution in [-0.2, 0) is 5.75 Å². The zero-order chi connectivity index (χ0) is 11.3. The van der Waals surface area contributed by atoms with E-state index in [-0.39, 0.29) is 5.82 Å². The highest BCUT2D eigenvalue weighted by molar-refractivity contribution is 9.10. The number of benzene rings is 1. The minimum Gasteiger partial charge on any atom is -0.206 e. The quantitative estimate of drug-likeness (QED) is 0.701. The van der Waals surface area contributed by atoms with Gasteiger partial charge in [0, 0.05) is 16.9 Å². The first-order valence-electron chi connectivity index (χ1n) is 4.75. The van der Waals surface area contributed by atoms with Gasteiger partial charge in [-0.3, -0.25) is 0 Å². The number of alkyl halides is 1. The fourth-order valence-electron chi connectivity index (χ4n) is 1.13. The van der Waals surface area contributed by atoms with Crippen LogP contribution in [0.4, 0.5) is 4.39 Å². The van der Waals surface area contributed by atoms with Crippen LogP contribution in [0.1, 0.15) is 18.9 Å². The molecule has 0 spiro atoms. The van der Waals surface area contributed by atoms with E-state index in [1.54, 1.807) is 17.8 Å². The van der Waals surface area contributed by atoms with Crippen molar-refractivity contribution in [3.05, 3.63) is 34.1 Å². The van der Waals surface area contributed by atoms with Crippen molar-refractivity contribution in [2.24, 2.45) is 0 Å². The van der Waals surface area contributed by atoms with Crippen LogP contribution in [0.3, 0.4) is 0 Å². The minimum atomic E-state index is -0.196. The van der Waals surface area contributed by atoms with E-state index in [0.717, 1.165) is 17.7 Å². The number of halogens is 3. The largest absolute Gasteiger partial charge is 0.206 e. The van der Waals surface area contributed by atoms with E-state index < -0.39 is 0 Å². The number of thioether (sulfide) groups is 1. The summed E-state index contributed by atoms with van der Waals surface area (Å²) < 4.78 is 13.8. The van der Waals surface area contributed by atoms with Gasteiger partial charge in [0.25, 0.3) is 0 Å². The first kappa shape index (κ1) is 13.3. The summed E-state index contributed by atoms with van der Waals surface area (Å²) in [6.07, 6.45) is 0.985. The van der Waals surface area contributed by atoms with Gasteiger partial charge in [-0.1, -0.05) is 19.1 Å². The van der Waals surface area contributed by atoms with Gasteiger partial charge >= 0.3 is 0 Å². The molecule has 1 aromatic carbocycles. The van der Waals surface area contributed by atoms with E-state index >= 15 is 0 Å². The Morgan fingerprint density at radius 1 is 1.53 bits per heavy atom. The lowest BCUT2D eigenvalue weighted by Gasteiger charge is -2.10. The molecule has 0 fully saturated rings. The van der Waals surface area contributed by atoms with Gasteiger partial charge in [0.2, 0.25) is 0 Å². The lowest BCUT2D eigenvalue weighted by atomic mass is 10.2. The number of hydrogen-bond acceptors (Lipinski definition) is 1. The van der Waals surface area contributed by atoms with E-state index in [4.69, 9.17) is 11.6 Å². The van der Waals surface area contributed by atoms with Crippen LogP contribution in [-0.4, -0.2) is 11.1 Å². The van der Waals surface area contributed by atoms with Crippen LogP contribution in [0.25, 0.3) is 0 Å². The van der Waals surface area contributed by atoms with Crippen LogP contribution >= 0.6 is 39.3 Å². The monoisotopic (exact) mass is 310 g/mol. The Balaban J connectivity index is 2.54. The number of rotatable bonds is 5. The standard InChI is InChI=1S/C11H13BrClFS/c1-8(5-6-13)15-7-9-3-2-4-10(14)11(9)12/h2-4,8H,5-7H2,1H3. The van der Waals surface area contributed by atoms with Crippen molar-refractivity contribution in [2.45, 2.75) is 24.3 Å². The van der Waals surface area contributed by atoms with Gasteiger partial charge in [0.05, 0.1) is 4.47 Å². The Kier molecular flexibility index (Phi) is 6.02.